The lowest BCUT2D eigenvalue weighted by molar-refractivity contribution is -0.114. The van der Waals surface area contributed by atoms with Crippen molar-refractivity contribution in [2.24, 2.45) is 0 Å². The minimum Gasteiger partial charge on any atom is -0.368 e. The summed E-state index contributed by atoms with van der Waals surface area (Å²) in [6.07, 6.45) is 0. The Morgan fingerprint density at radius 2 is 1.58 bits per heavy atom. The predicted molar refractivity (Wildman–Crippen MR) is 105 cm³/mol. The summed E-state index contributed by atoms with van der Waals surface area (Å²) in [5, 5.41) is 5.73. The Hall–Kier alpha value is -3.02. The highest BCUT2D eigenvalue weighted by Crippen LogP contribution is 2.20. The van der Waals surface area contributed by atoms with E-state index in [0.717, 1.165) is 35.7 Å². The molecule has 0 radical (unpaired) electrons. The average molecular weight is 352 g/mol. The second-order valence-electron chi connectivity index (χ2n) is 6.50. The summed E-state index contributed by atoms with van der Waals surface area (Å²) >= 11 is 0. The number of benzene rings is 2. The number of hydrogen-bond donors (Lipinski definition) is 2. The van der Waals surface area contributed by atoms with Gasteiger partial charge in [0.1, 0.15) is 0 Å². The molecule has 0 aromatic heterocycles. The van der Waals surface area contributed by atoms with Gasteiger partial charge in [0.05, 0.1) is 0 Å². The third kappa shape index (κ3) is 4.53. The van der Waals surface area contributed by atoms with Crippen LogP contribution in [0.3, 0.4) is 0 Å². The SMILES string of the molecule is CC(=O)Nc1ccc(N2CCN(C(=O)Nc3cccc(C)c3)CC2)cc1. The molecule has 3 amide bonds. The Labute approximate surface area is 153 Å². The molecule has 6 heteroatoms. The third-order valence-electron chi connectivity index (χ3n) is 4.39. The van der Waals surface area contributed by atoms with Crippen LogP contribution in [0.1, 0.15) is 12.5 Å². The van der Waals surface area contributed by atoms with Crippen molar-refractivity contribution in [1.29, 1.82) is 0 Å². The van der Waals surface area contributed by atoms with Crippen molar-refractivity contribution in [3.05, 3.63) is 54.1 Å². The smallest absolute Gasteiger partial charge is 0.321 e. The second kappa shape index (κ2) is 7.91. The largest absolute Gasteiger partial charge is 0.368 e. The lowest BCUT2D eigenvalue weighted by Gasteiger charge is -2.36. The van der Waals surface area contributed by atoms with Gasteiger partial charge in [0.25, 0.3) is 0 Å². The van der Waals surface area contributed by atoms with Crippen molar-refractivity contribution >= 4 is 29.0 Å². The van der Waals surface area contributed by atoms with Crippen molar-refractivity contribution in [3.8, 4) is 0 Å². The van der Waals surface area contributed by atoms with Crippen LogP contribution in [0.2, 0.25) is 0 Å². The monoisotopic (exact) mass is 352 g/mol. The molecule has 26 heavy (non-hydrogen) atoms. The highest BCUT2D eigenvalue weighted by molar-refractivity contribution is 5.90. The topological polar surface area (TPSA) is 64.7 Å². The third-order valence-corrected chi connectivity index (χ3v) is 4.39. The first kappa shape index (κ1) is 17.8. The molecule has 2 N–H and O–H groups in total. The first-order valence-corrected chi connectivity index (χ1v) is 8.76. The number of piperazine rings is 1. The number of anilines is 3. The Bertz CT molecular complexity index is 781. The summed E-state index contributed by atoms with van der Waals surface area (Å²) in [7, 11) is 0. The lowest BCUT2D eigenvalue weighted by atomic mass is 10.2. The van der Waals surface area contributed by atoms with Gasteiger partial charge in [-0.25, -0.2) is 4.79 Å². The summed E-state index contributed by atoms with van der Waals surface area (Å²) in [5.41, 5.74) is 3.83. The van der Waals surface area contributed by atoms with Gasteiger partial charge in [-0.2, -0.15) is 0 Å². The van der Waals surface area contributed by atoms with Crippen molar-refractivity contribution < 1.29 is 9.59 Å². The molecule has 6 nitrogen and oxygen atoms in total. The Kier molecular flexibility index (Phi) is 5.41. The molecule has 1 saturated heterocycles. The van der Waals surface area contributed by atoms with Crippen LogP contribution in [-0.2, 0) is 4.79 Å². The molecule has 0 unspecified atom stereocenters. The van der Waals surface area contributed by atoms with E-state index in [4.69, 9.17) is 0 Å². The zero-order valence-electron chi connectivity index (χ0n) is 15.2. The summed E-state index contributed by atoms with van der Waals surface area (Å²) in [6.45, 7) is 6.40. The number of hydrogen-bond acceptors (Lipinski definition) is 3. The van der Waals surface area contributed by atoms with Gasteiger partial charge in [-0.15, -0.1) is 0 Å². The van der Waals surface area contributed by atoms with Crippen LogP contribution >= 0.6 is 0 Å². The fourth-order valence-corrected chi connectivity index (χ4v) is 3.05. The van der Waals surface area contributed by atoms with E-state index in [2.05, 4.69) is 15.5 Å². The maximum Gasteiger partial charge on any atom is 0.321 e. The number of carbonyl (C=O) groups is 2. The van der Waals surface area contributed by atoms with Crippen LogP contribution in [0.25, 0.3) is 0 Å². The standard InChI is InChI=1S/C20H24N4O2/c1-15-4-3-5-18(14-15)22-20(26)24-12-10-23(11-13-24)19-8-6-17(7-9-19)21-16(2)25/h3-9,14H,10-13H2,1-2H3,(H,21,25)(H,22,26). The quantitative estimate of drug-likeness (QED) is 0.891. The van der Waals surface area contributed by atoms with E-state index in [0.29, 0.717) is 13.1 Å². The number of carbonyl (C=O) groups excluding carboxylic acids is 2. The summed E-state index contributed by atoms with van der Waals surface area (Å²) in [4.78, 5) is 27.6. The highest BCUT2D eigenvalue weighted by atomic mass is 16.2. The molecule has 1 aliphatic rings. The predicted octanol–water partition coefficient (Wildman–Crippen LogP) is 3.31. The van der Waals surface area contributed by atoms with Crippen LogP contribution in [0.4, 0.5) is 21.9 Å². The van der Waals surface area contributed by atoms with Crippen LogP contribution in [0.5, 0.6) is 0 Å². The number of nitrogens with zero attached hydrogens (tertiary/aromatic N) is 2. The molecule has 2 aromatic carbocycles. The molecule has 1 heterocycles. The van der Waals surface area contributed by atoms with Gasteiger partial charge in [0.15, 0.2) is 0 Å². The van der Waals surface area contributed by atoms with Crippen LogP contribution in [0, 0.1) is 6.92 Å². The second-order valence-corrected chi connectivity index (χ2v) is 6.50. The van der Waals surface area contributed by atoms with Gasteiger partial charge in [-0.1, -0.05) is 12.1 Å². The number of aryl methyl sites for hydroxylation is 1. The number of amides is 3. The van der Waals surface area contributed by atoms with E-state index >= 15 is 0 Å². The molecular formula is C20H24N4O2. The highest BCUT2D eigenvalue weighted by Gasteiger charge is 2.21. The van der Waals surface area contributed by atoms with Gasteiger partial charge in [-0.3, -0.25) is 4.79 Å². The van der Waals surface area contributed by atoms with Gasteiger partial charge < -0.3 is 20.4 Å². The molecular weight excluding hydrogens is 328 g/mol. The molecule has 0 atom stereocenters. The number of urea groups is 1. The first-order chi connectivity index (χ1) is 12.5. The molecule has 1 aliphatic heterocycles. The molecule has 2 aromatic rings. The number of rotatable bonds is 3. The van der Waals surface area contributed by atoms with Crippen LogP contribution in [-0.4, -0.2) is 43.0 Å². The van der Waals surface area contributed by atoms with E-state index < -0.39 is 0 Å². The first-order valence-electron chi connectivity index (χ1n) is 8.76. The molecule has 0 saturated carbocycles. The van der Waals surface area contributed by atoms with Crippen LogP contribution in [0.15, 0.2) is 48.5 Å². The minimum absolute atomic E-state index is 0.0590. The zero-order chi connectivity index (χ0) is 18.5. The van der Waals surface area contributed by atoms with E-state index in [1.54, 1.807) is 0 Å². The van der Waals surface area contributed by atoms with Gasteiger partial charge in [0, 0.05) is 50.2 Å². The fraction of sp³-hybridized carbons (Fsp3) is 0.300. The average Bonchev–Trinajstić information content (AvgIpc) is 2.62. The normalized spacial score (nSPS) is 14.1. The summed E-state index contributed by atoms with van der Waals surface area (Å²) in [6, 6.07) is 15.5. The van der Waals surface area contributed by atoms with E-state index in [1.165, 1.54) is 6.92 Å². The van der Waals surface area contributed by atoms with Crippen LogP contribution < -0.4 is 15.5 Å². The Morgan fingerprint density at radius 1 is 0.885 bits per heavy atom. The maximum absolute atomic E-state index is 12.4. The molecule has 0 spiro atoms. The molecule has 0 bridgehead atoms. The van der Waals surface area contributed by atoms with Gasteiger partial charge in [-0.05, 0) is 48.9 Å². The molecule has 1 fully saturated rings. The fourth-order valence-electron chi connectivity index (χ4n) is 3.05. The Balaban J connectivity index is 1.53. The van der Waals surface area contributed by atoms with Crippen molar-refractivity contribution in [1.82, 2.24) is 4.90 Å². The van der Waals surface area contributed by atoms with Crippen molar-refractivity contribution in [3.63, 3.8) is 0 Å². The number of nitrogens with one attached hydrogen (secondary N) is 2. The van der Waals surface area contributed by atoms with Crippen molar-refractivity contribution in [2.45, 2.75) is 13.8 Å². The van der Waals surface area contributed by atoms with Gasteiger partial charge >= 0.3 is 6.03 Å². The Morgan fingerprint density at radius 3 is 2.19 bits per heavy atom. The van der Waals surface area contributed by atoms with Crippen molar-refractivity contribution in [2.75, 3.05) is 41.7 Å². The maximum atomic E-state index is 12.4. The lowest BCUT2D eigenvalue weighted by Crippen LogP contribution is -2.50. The zero-order valence-corrected chi connectivity index (χ0v) is 15.2. The van der Waals surface area contributed by atoms with E-state index in [-0.39, 0.29) is 11.9 Å². The van der Waals surface area contributed by atoms with Gasteiger partial charge in [0.2, 0.25) is 5.91 Å². The van der Waals surface area contributed by atoms with E-state index in [9.17, 15) is 9.59 Å². The minimum atomic E-state index is -0.0778. The molecule has 136 valence electrons. The molecule has 0 aliphatic carbocycles. The molecule has 3 rings (SSSR count). The summed E-state index contributed by atoms with van der Waals surface area (Å²) < 4.78 is 0. The van der Waals surface area contributed by atoms with E-state index in [1.807, 2.05) is 60.4 Å². The summed E-state index contributed by atoms with van der Waals surface area (Å²) in [5.74, 6) is -0.0778.